The number of benzene rings is 2. The van der Waals surface area contributed by atoms with Crippen LogP contribution in [0.3, 0.4) is 0 Å². The fraction of sp³-hybridized carbons (Fsp3) is 0.174. The van der Waals surface area contributed by atoms with Crippen molar-refractivity contribution in [2.45, 2.75) is 19.9 Å². The van der Waals surface area contributed by atoms with E-state index in [4.69, 9.17) is 0 Å². The molecule has 4 rings (SSSR count). The highest BCUT2D eigenvalue weighted by Gasteiger charge is 2.09. The molecule has 2 aromatic heterocycles. The molecule has 4 aromatic rings. The third-order valence-electron chi connectivity index (χ3n) is 4.84. The van der Waals surface area contributed by atoms with Crippen molar-refractivity contribution in [1.29, 1.82) is 0 Å². The molecule has 0 saturated carbocycles. The minimum absolute atomic E-state index is 0.173. The Kier molecular flexibility index (Phi) is 5.24. The van der Waals surface area contributed by atoms with E-state index in [9.17, 15) is 9.59 Å². The van der Waals surface area contributed by atoms with Crippen molar-refractivity contribution in [2.75, 3.05) is 6.54 Å². The van der Waals surface area contributed by atoms with E-state index in [1.807, 2.05) is 41.2 Å². The van der Waals surface area contributed by atoms with Crippen LogP contribution in [0, 0.1) is 6.92 Å². The van der Waals surface area contributed by atoms with E-state index >= 15 is 0 Å². The average Bonchev–Trinajstić information content (AvgIpc) is 3.14. The Morgan fingerprint density at radius 2 is 1.90 bits per heavy atom. The van der Waals surface area contributed by atoms with E-state index in [0.29, 0.717) is 12.1 Å². The summed E-state index contributed by atoms with van der Waals surface area (Å²) in [6, 6.07) is 18.5. The molecule has 2 aromatic carbocycles. The molecule has 1 N–H and O–H groups in total. The van der Waals surface area contributed by atoms with Crippen molar-refractivity contribution < 1.29 is 4.79 Å². The summed E-state index contributed by atoms with van der Waals surface area (Å²) in [5.74, 6) is -0.198. The van der Waals surface area contributed by atoms with Gasteiger partial charge in [-0.1, -0.05) is 30.3 Å². The van der Waals surface area contributed by atoms with E-state index in [2.05, 4.69) is 35.5 Å². The van der Waals surface area contributed by atoms with Gasteiger partial charge >= 0.3 is 0 Å². The van der Waals surface area contributed by atoms with Gasteiger partial charge in [0.05, 0.1) is 17.3 Å². The number of fused-ring (bicyclic) bond motifs is 1. The Morgan fingerprint density at radius 3 is 2.72 bits per heavy atom. The lowest BCUT2D eigenvalue weighted by Gasteiger charge is -2.09. The Labute approximate surface area is 168 Å². The Balaban J connectivity index is 1.39. The maximum atomic E-state index is 12.5. The predicted octanol–water partition coefficient (Wildman–Crippen LogP) is 3.32. The molecular weight excluding hydrogens is 364 g/mol. The molecule has 146 valence electrons. The van der Waals surface area contributed by atoms with Crippen LogP contribution in [0.1, 0.15) is 22.3 Å². The van der Waals surface area contributed by atoms with Gasteiger partial charge in [0.1, 0.15) is 0 Å². The number of nitrogens with one attached hydrogen (secondary N) is 1. The van der Waals surface area contributed by atoms with Crippen molar-refractivity contribution in [1.82, 2.24) is 19.7 Å². The van der Waals surface area contributed by atoms with Crippen molar-refractivity contribution in [3.05, 3.63) is 94.5 Å². The minimum atomic E-state index is -0.198. The van der Waals surface area contributed by atoms with E-state index in [1.54, 1.807) is 12.3 Å². The molecule has 0 atom stereocenters. The number of hydrogen-bond acceptors (Lipinski definition) is 3. The topological polar surface area (TPSA) is 68.9 Å². The molecular formula is C23H22N4O2. The first-order chi connectivity index (χ1) is 14.1. The van der Waals surface area contributed by atoms with E-state index in [1.165, 1.54) is 16.2 Å². The fourth-order valence-electron chi connectivity index (χ4n) is 3.30. The van der Waals surface area contributed by atoms with Crippen molar-refractivity contribution >= 4 is 16.8 Å². The van der Waals surface area contributed by atoms with Crippen LogP contribution < -0.4 is 10.9 Å². The Hall–Kier alpha value is -3.67. The second kappa shape index (κ2) is 8.14. The highest BCUT2D eigenvalue weighted by Crippen LogP contribution is 2.15. The molecule has 29 heavy (non-hydrogen) atoms. The second-order valence-electron chi connectivity index (χ2n) is 7.00. The third kappa shape index (κ3) is 4.11. The van der Waals surface area contributed by atoms with Gasteiger partial charge in [-0.15, -0.1) is 0 Å². The summed E-state index contributed by atoms with van der Waals surface area (Å²) in [4.78, 5) is 24.6. The normalized spacial score (nSPS) is 10.9. The van der Waals surface area contributed by atoms with Gasteiger partial charge < -0.3 is 5.32 Å². The largest absolute Gasteiger partial charge is 0.352 e. The van der Waals surface area contributed by atoms with Crippen molar-refractivity contribution in [2.24, 2.45) is 0 Å². The Morgan fingerprint density at radius 1 is 1.07 bits per heavy atom. The van der Waals surface area contributed by atoms with Crippen LogP contribution in [-0.2, 0) is 6.54 Å². The highest BCUT2D eigenvalue weighted by molar-refractivity contribution is 5.93. The third-order valence-corrected chi connectivity index (χ3v) is 4.84. The molecule has 0 unspecified atom stereocenters. The maximum Gasteiger partial charge on any atom is 0.255 e. The van der Waals surface area contributed by atoms with Crippen molar-refractivity contribution in [3.63, 3.8) is 0 Å². The lowest BCUT2D eigenvalue weighted by atomic mass is 10.2. The predicted molar refractivity (Wildman–Crippen MR) is 113 cm³/mol. The first kappa shape index (κ1) is 18.7. The number of aryl methyl sites for hydroxylation is 2. The lowest BCUT2D eigenvalue weighted by Crippen LogP contribution is -2.27. The van der Waals surface area contributed by atoms with Gasteiger partial charge in [-0.05, 0) is 43.2 Å². The quantitative estimate of drug-likeness (QED) is 0.517. The number of rotatable bonds is 6. The highest BCUT2D eigenvalue weighted by atomic mass is 16.2. The zero-order chi connectivity index (χ0) is 20.2. The zero-order valence-electron chi connectivity index (χ0n) is 16.2. The van der Waals surface area contributed by atoms with Gasteiger partial charge in [0.25, 0.3) is 11.5 Å². The monoisotopic (exact) mass is 386 g/mol. The molecule has 2 heterocycles. The number of hydrogen-bond donors (Lipinski definition) is 1. The van der Waals surface area contributed by atoms with Gasteiger partial charge in [0.15, 0.2) is 0 Å². The van der Waals surface area contributed by atoms with Gasteiger partial charge in [-0.3, -0.25) is 18.8 Å². The number of amides is 1. The molecule has 0 fully saturated rings. The standard InChI is InChI=1S/C23H22N4O2/c1-17-8-9-18-15-25-27(21(18)14-17)13-5-12-24-23(29)19-10-11-22(28)26(16-19)20-6-3-2-4-7-20/h2-4,6-11,14-16H,5,12-13H2,1H3,(H,24,29). The number of carbonyl (C=O) groups is 1. The molecule has 0 bridgehead atoms. The van der Waals surface area contributed by atoms with Gasteiger partial charge in [-0.25, -0.2) is 0 Å². The van der Waals surface area contributed by atoms with E-state index in [-0.39, 0.29) is 11.5 Å². The number of nitrogens with zero attached hydrogens (tertiary/aromatic N) is 3. The number of aromatic nitrogens is 3. The molecule has 0 saturated heterocycles. The average molecular weight is 386 g/mol. The van der Waals surface area contributed by atoms with E-state index < -0.39 is 0 Å². The van der Waals surface area contributed by atoms with Crippen LogP contribution in [0.5, 0.6) is 0 Å². The smallest absolute Gasteiger partial charge is 0.255 e. The van der Waals surface area contributed by atoms with Gasteiger partial charge in [0, 0.05) is 36.4 Å². The van der Waals surface area contributed by atoms with Gasteiger partial charge in [-0.2, -0.15) is 5.10 Å². The summed E-state index contributed by atoms with van der Waals surface area (Å²) in [5, 5.41) is 8.47. The summed E-state index contributed by atoms with van der Waals surface area (Å²) >= 11 is 0. The van der Waals surface area contributed by atoms with Crippen LogP contribution in [0.15, 0.2) is 77.9 Å². The van der Waals surface area contributed by atoms with Gasteiger partial charge in [0.2, 0.25) is 0 Å². The van der Waals surface area contributed by atoms with Crippen LogP contribution in [0.25, 0.3) is 16.6 Å². The summed E-state index contributed by atoms with van der Waals surface area (Å²) in [6.45, 7) is 3.30. The minimum Gasteiger partial charge on any atom is -0.352 e. The molecule has 0 aliphatic heterocycles. The second-order valence-corrected chi connectivity index (χ2v) is 7.00. The lowest BCUT2D eigenvalue weighted by molar-refractivity contribution is 0.0952. The summed E-state index contributed by atoms with van der Waals surface area (Å²) < 4.78 is 3.44. The van der Waals surface area contributed by atoms with E-state index in [0.717, 1.165) is 29.6 Å². The summed E-state index contributed by atoms with van der Waals surface area (Å²) in [6.07, 6.45) is 4.20. The fourth-order valence-corrected chi connectivity index (χ4v) is 3.30. The van der Waals surface area contributed by atoms with Crippen LogP contribution in [0.2, 0.25) is 0 Å². The molecule has 0 aliphatic rings. The molecule has 6 heteroatoms. The first-order valence-electron chi connectivity index (χ1n) is 9.60. The first-order valence-corrected chi connectivity index (χ1v) is 9.60. The number of carbonyl (C=O) groups excluding carboxylic acids is 1. The number of para-hydroxylation sites is 1. The van der Waals surface area contributed by atoms with Crippen molar-refractivity contribution in [3.8, 4) is 5.69 Å². The summed E-state index contributed by atoms with van der Waals surface area (Å²) in [7, 11) is 0. The zero-order valence-corrected chi connectivity index (χ0v) is 16.2. The van der Waals surface area contributed by atoms with Crippen LogP contribution in [0.4, 0.5) is 0 Å². The molecule has 0 aliphatic carbocycles. The van der Waals surface area contributed by atoms with Crippen LogP contribution >= 0.6 is 0 Å². The SMILES string of the molecule is Cc1ccc2cnn(CCCNC(=O)c3ccc(=O)n(-c4ccccc4)c3)c2c1. The molecule has 1 amide bonds. The molecule has 6 nitrogen and oxygen atoms in total. The number of pyridine rings is 1. The Bertz CT molecular complexity index is 1210. The molecule has 0 radical (unpaired) electrons. The summed E-state index contributed by atoms with van der Waals surface area (Å²) in [5.41, 5.74) is 3.31. The maximum absolute atomic E-state index is 12.5. The van der Waals surface area contributed by atoms with Crippen LogP contribution in [-0.4, -0.2) is 26.8 Å². The molecule has 0 spiro atoms.